The molecular weight excluding hydrogens is 160 g/mol. The van der Waals surface area contributed by atoms with Crippen LogP contribution in [0.15, 0.2) is 22.3 Å². The highest BCUT2D eigenvalue weighted by molar-refractivity contribution is 7.10. The van der Waals surface area contributed by atoms with Gasteiger partial charge in [0.2, 0.25) is 12.3 Å². The number of aryl methyl sites for hydroxylation is 1. The number of nitrogens with zero attached hydrogens (tertiary/aromatic N) is 2. The summed E-state index contributed by atoms with van der Waals surface area (Å²) >= 11 is 1.67. The SMILES string of the molecule is Cc1cc(-c2nnco2)cs1. The molecule has 0 aliphatic rings. The quantitative estimate of drug-likeness (QED) is 0.651. The zero-order valence-electron chi connectivity index (χ0n) is 5.94. The fraction of sp³-hybridized carbons (Fsp3) is 0.143. The second kappa shape index (κ2) is 2.47. The fourth-order valence-corrected chi connectivity index (χ4v) is 1.53. The van der Waals surface area contributed by atoms with Crippen LogP contribution in [-0.4, -0.2) is 10.2 Å². The third-order valence-corrected chi connectivity index (χ3v) is 2.20. The van der Waals surface area contributed by atoms with E-state index in [1.807, 2.05) is 18.4 Å². The van der Waals surface area contributed by atoms with Crippen LogP contribution in [0.2, 0.25) is 0 Å². The average molecular weight is 166 g/mol. The highest BCUT2D eigenvalue weighted by atomic mass is 32.1. The molecule has 0 aliphatic heterocycles. The van der Waals surface area contributed by atoms with Gasteiger partial charge < -0.3 is 4.42 Å². The predicted molar refractivity (Wildman–Crippen MR) is 42.3 cm³/mol. The van der Waals surface area contributed by atoms with Gasteiger partial charge in [-0.05, 0) is 13.0 Å². The van der Waals surface area contributed by atoms with Crippen LogP contribution in [0.3, 0.4) is 0 Å². The molecular formula is C7H6N2OS. The summed E-state index contributed by atoms with van der Waals surface area (Å²) in [5.41, 5.74) is 1.00. The van der Waals surface area contributed by atoms with Gasteiger partial charge in [0, 0.05) is 15.8 Å². The Labute approximate surface area is 67.7 Å². The summed E-state index contributed by atoms with van der Waals surface area (Å²) in [5.74, 6) is 0.592. The van der Waals surface area contributed by atoms with Crippen LogP contribution in [0.5, 0.6) is 0 Å². The first-order valence-corrected chi connectivity index (χ1v) is 4.06. The number of thiophene rings is 1. The minimum absolute atomic E-state index is 0.592. The molecule has 0 saturated heterocycles. The summed E-state index contributed by atoms with van der Waals surface area (Å²) in [7, 11) is 0. The smallest absolute Gasteiger partial charge is 0.248 e. The first-order valence-electron chi connectivity index (χ1n) is 3.18. The third kappa shape index (κ3) is 1.17. The summed E-state index contributed by atoms with van der Waals surface area (Å²) in [6.07, 6.45) is 1.34. The van der Waals surface area contributed by atoms with E-state index in [4.69, 9.17) is 4.42 Å². The van der Waals surface area contributed by atoms with Gasteiger partial charge in [0.05, 0.1) is 0 Å². The zero-order chi connectivity index (χ0) is 7.68. The van der Waals surface area contributed by atoms with E-state index >= 15 is 0 Å². The monoisotopic (exact) mass is 166 g/mol. The Bertz CT molecular complexity index is 339. The van der Waals surface area contributed by atoms with Gasteiger partial charge in [-0.25, -0.2) is 0 Å². The highest BCUT2D eigenvalue weighted by Gasteiger charge is 2.03. The predicted octanol–water partition coefficient (Wildman–Crippen LogP) is 2.11. The molecule has 3 nitrogen and oxygen atoms in total. The van der Waals surface area contributed by atoms with Crippen molar-refractivity contribution in [2.24, 2.45) is 0 Å². The maximum Gasteiger partial charge on any atom is 0.248 e. The Kier molecular flexibility index (Phi) is 1.47. The summed E-state index contributed by atoms with van der Waals surface area (Å²) in [6.45, 7) is 2.05. The van der Waals surface area contributed by atoms with E-state index in [9.17, 15) is 0 Å². The Balaban J connectivity index is 2.45. The van der Waals surface area contributed by atoms with E-state index in [0.717, 1.165) is 5.56 Å². The minimum Gasteiger partial charge on any atom is -0.423 e. The van der Waals surface area contributed by atoms with Gasteiger partial charge in [-0.15, -0.1) is 21.5 Å². The molecule has 2 rings (SSSR count). The lowest BCUT2D eigenvalue weighted by atomic mass is 10.3. The zero-order valence-corrected chi connectivity index (χ0v) is 6.76. The van der Waals surface area contributed by atoms with Gasteiger partial charge in [-0.1, -0.05) is 0 Å². The molecule has 0 spiro atoms. The van der Waals surface area contributed by atoms with Crippen LogP contribution < -0.4 is 0 Å². The van der Waals surface area contributed by atoms with Gasteiger partial charge in [-0.2, -0.15) is 0 Å². The Morgan fingerprint density at radius 1 is 1.55 bits per heavy atom. The Hall–Kier alpha value is -1.16. The van der Waals surface area contributed by atoms with Crippen molar-refractivity contribution in [1.29, 1.82) is 0 Å². The van der Waals surface area contributed by atoms with E-state index in [2.05, 4.69) is 10.2 Å². The number of aromatic nitrogens is 2. The molecule has 2 heterocycles. The molecule has 56 valence electrons. The van der Waals surface area contributed by atoms with Crippen LogP contribution in [-0.2, 0) is 0 Å². The second-order valence-corrected chi connectivity index (χ2v) is 3.31. The largest absolute Gasteiger partial charge is 0.423 e. The summed E-state index contributed by atoms with van der Waals surface area (Å²) in [5, 5.41) is 9.39. The molecule has 0 bridgehead atoms. The maximum absolute atomic E-state index is 5.02. The molecule has 0 amide bonds. The van der Waals surface area contributed by atoms with Crippen molar-refractivity contribution in [2.75, 3.05) is 0 Å². The van der Waals surface area contributed by atoms with Crippen LogP contribution >= 0.6 is 11.3 Å². The Morgan fingerprint density at radius 3 is 3.00 bits per heavy atom. The molecule has 2 aromatic rings. The molecule has 11 heavy (non-hydrogen) atoms. The molecule has 0 fully saturated rings. The van der Waals surface area contributed by atoms with E-state index in [1.54, 1.807) is 11.3 Å². The van der Waals surface area contributed by atoms with Crippen LogP contribution in [0.4, 0.5) is 0 Å². The van der Waals surface area contributed by atoms with Gasteiger partial charge in [0.25, 0.3) is 0 Å². The highest BCUT2D eigenvalue weighted by Crippen LogP contribution is 2.22. The van der Waals surface area contributed by atoms with E-state index in [0.29, 0.717) is 5.89 Å². The standard InChI is InChI=1S/C7H6N2OS/c1-5-2-6(3-11-5)7-9-8-4-10-7/h2-4H,1H3. The number of rotatable bonds is 1. The topological polar surface area (TPSA) is 38.9 Å². The minimum atomic E-state index is 0.592. The van der Waals surface area contributed by atoms with Crippen LogP contribution in [0, 0.1) is 6.92 Å². The van der Waals surface area contributed by atoms with Gasteiger partial charge >= 0.3 is 0 Å². The first-order chi connectivity index (χ1) is 5.36. The number of hydrogen-bond donors (Lipinski definition) is 0. The van der Waals surface area contributed by atoms with Crippen molar-refractivity contribution in [3.8, 4) is 11.5 Å². The lowest BCUT2D eigenvalue weighted by Gasteiger charge is -1.82. The number of hydrogen-bond acceptors (Lipinski definition) is 4. The van der Waals surface area contributed by atoms with Crippen molar-refractivity contribution in [3.05, 3.63) is 22.7 Å². The van der Waals surface area contributed by atoms with Crippen LogP contribution in [0.1, 0.15) is 4.88 Å². The van der Waals surface area contributed by atoms with E-state index in [-0.39, 0.29) is 0 Å². The van der Waals surface area contributed by atoms with Crippen molar-refractivity contribution < 1.29 is 4.42 Å². The van der Waals surface area contributed by atoms with Gasteiger partial charge in [0.1, 0.15) is 0 Å². The Morgan fingerprint density at radius 2 is 2.45 bits per heavy atom. The third-order valence-electron chi connectivity index (χ3n) is 1.34. The summed E-state index contributed by atoms with van der Waals surface area (Å²) in [4.78, 5) is 1.25. The second-order valence-electron chi connectivity index (χ2n) is 2.19. The van der Waals surface area contributed by atoms with E-state index < -0.39 is 0 Å². The molecule has 4 heteroatoms. The average Bonchev–Trinajstić information content (AvgIpc) is 2.55. The van der Waals surface area contributed by atoms with Crippen LogP contribution in [0.25, 0.3) is 11.5 Å². The molecule has 2 aromatic heterocycles. The van der Waals surface area contributed by atoms with Crippen molar-refractivity contribution in [3.63, 3.8) is 0 Å². The van der Waals surface area contributed by atoms with Gasteiger partial charge in [0.15, 0.2) is 0 Å². The van der Waals surface area contributed by atoms with Gasteiger partial charge in [-0.3, -0.25) is 0 Å². The summed E-state index contributed by atoms with van der Waals surface area (Å²) < 4.78 is 5.02. The summed E-state index contributed by atoms with van der Waals surface area (Å²) in [6, 6.07) is 2.03. The molecule has 0 N–H and O–H groups in total. The molecule has 0 atom stereocenters. The molecule has 0 aromatic carbocycles. The maximum atomic E-state index is 5.02. The van der Waals surface area contributed by atoms with Crippen molar-refractivity contribution in [2.45, 2.75) is 6.92 Å². The molecule has 0 aliphatic carbocycles. The van der Waals surface area contributed by atoms with E-state index in [1.165, 1.54) is 11.3 Å². The fourth-order valence-electron chi connectivity index (χ4n) is 0.854. The van der Waals surface area contributed by atoms with Crippen molar-refractivity contribution >= 4 is 11.3 Å². The first kappa shape index (κ1) is 6.54. The molecule has 0 radical (unpaired) electrons. The normalized spacial score (nSPS) is 10.3. The lowest BCUT2D eigenvalue weighted by Crippen LogP contribution is -1.71. The van der Waals surface area contributed by atoms with Crippen molar-refractivity contribution in [1.82, 2.24) is 10.2 Å². The lowest BCUT2D eigenvalue weighted by molar-refractivity contribution is 0.569. The molecule has 0 saturated carbocycles. The molecule has 0 unspecified atom stereocenters.